The van der Waals surface area contributed by atoms with Crippen molar-refractivity contribution >= 4 is 25.4 Å². The van der Waals surface area contributed by atoms with Crippen LogP contribution < -0.4 is 10.5 Å². The minimum atomic E-state index is -5.18. The highest BCUT2D eigenvalue weighted by atomic mass is 35.7. The summed E-state index contributed by atoms with van der Waals surface area (Å²) >= 11 is 0. The van der Waals surface area contributed by atoms with Gasteiger partial charge in [-0.05, 0) is 0 Å². The van der Waals surface area contributed by atoms with Crippen LogP contribution in [0.5, 0.6) is 5.88 Å². The van der Waals surface area contributed by atoms with Crippen LogP contribution in [0, 0.1) is 11.3 Å². The topological polar surface area (TPSA) is 106 Å². The van der Waals surface area contributed by atoms with Crippen LogP contribution in [-0.2, 0) is 9.05 Å². The van der Waals surface area contributed by atoms with Gasteiger partial charge < -0.3 is 10.5 Å². The van der Waals surface area contributed by atoms with Crippen LogP contribution in [0.1, 0.15) is 5.56 Å². The first-order valence-corrected chi connectivity index (χ1v) is 6.26. The highest BCUT2D eigenvalue weighted by Crippen LogP contribution is 2.35. The highest BCUT2D eigenvalue weighted by Gasteiger charge is 2.36. The Balaban J connectivity index is 3.56. The molecule has 0 aliphatic rings. The molecule has 0 bridgehead atoms. The van der Waals surface area contributed by atoms with E-state index >= 15 is 0 Å². The number of ether oxygens (including phenoxy) is 1. The first-order chi connectivity index (χ1) is 8.06. The number of nitrogen functional groups attached to an aromatic ring is 1. The van der Waals surface area contributed by atoms with Crippen molar-refractivity contribution < 1.29 is 26.3 Å². The average molecular weight is 302 g/mol. The van der Waals surface area contributed by atoms with E-state index in [2.05, 4.69) is 9.72 Å². The van der Waals surface area contributed by atoms with Crippen LogP contribution in [0.2, 0.25) is 0 Å². The van der Waals surface area contributed by atoms with Gasteiger partial charge in [0.15, 0.2) is 4.90 Å². The zero-order valence-electron chi connectivity index (χ0n) is 8.19. The van der Waals surface area contributed by atoms with Gasteiger partial charge in [-0.2, -0.15) is 5.26 Å². The summed E-state index contributed by atoms with van der Waals surface area (Å²) in [5, 5.41) is 8.56. The van der Waals surface area contributed by atoms with E-state index in [9.17, 15) is 21.6 Å². The Morgan fingerprint density at radius 1 is 1.50 bits per heavy atom. The number of pyridine rings is 1. The predicted molar refractivity (Wildman–Crippen MR) is 53.1 cm³/mol. The molecule has 0 amide bonds. The van der Waals surface area contributed by atoms with Crippen molar-refractivity contribution in [2.75, 3.05) is 5.73 Å². The second kappa shape index (κ2) is 4.51. The van der Waals surface area contributed by atoms with Crippen LogP contribution in [-0.4, -0.2) is 19.8 Å². The zero-order chi connectivity index (χ0) is 14.1. The molecule has 0 unspecified atom stereocenters. The molecule has 1 aromatic rings. The Hall–Kier alpha value is -1.73. The average Bonchev–Trinajstić information content (AvgIpc) is 2.13. The van der Waals surface area contributed by atoms with Crippen molar-refractivity contribution in [2.45, 2.75) is 11.3 Å². The number of nitrogens with two attached hydrogens (primary N) is 1. The van der Waals surface area contributed by atoms with Crippen LogP contribution in [0.3, 0.4) is 0 Å². The molecule has 0 aromatic carbocycles. The molecule has 0 aliphatic carbocycles. The van der Waals surface area contributed by atoms with E-state index in [1.807, 2.05) is 0 Å². The van der Waals surface area contributed by atoms with Gasteiger partial charge in [0.05, 0.1) is 17.4 Å². The summed E-state index contributed by atoms with van der Waals surface area (Å²) in [6, 6.07) is 1.45. The van der Waals surface area contributed by atoms with Gasteiger partial charge in [0.25, 0.3) is 9.05 Å². The number of nitrogens with zero attached hydrogens (tertiary/aromatic N) is 2. The molecule has 0 saturated heterocycles. The normalized spacial score (nSPS) is 11.9. The van der Waals surface area contributed by atoms with Gasteiger partial charge in [0, 0.05) is 10.7 Å². The molecule has 0 spiro atoms. The summed E-state index contributed by atoms with van der Waals surface area (Å²) in [4.78, 5) is 1.86. The number of hydrogen-bond acceptors (Lipinski definition) is 6. The van der Waals surface area contributed by atoms with Crippen molar-refractivity contribution in [2.24, 2.45) is 0 Å². The van der Waals surface area contributed by atoms with Gasteiger partial charge in [-0.1, -0.05) is 0 Å². The molecular formula is C7H3ClF3N3O3S. The summed E-state index contributed by atoms with van der Waals surface area (Å²) in [5.74, 6) is -1.34. The maximum absolute atomic E-state index is 12.0. The Morgan fingerprint density at radius 3 is 2.44 bits per heavy atom. The van der Waals surface area contributed by atoms with Gasteiger partial charge in [-0.25, -0.2) is 13.4 Å². The zero-order valence-corrected chi connectivity index (χ0v) is 9.77. The summed E-state index contributed by atoms with van der Waals surface area (Å²) in [7, 11) is 0.262. The lowest BCUT2D eigenvalue weighted by atomic mass is 10.2. The molecule has 6 nitrogen and oxygen atoms in total. The Labute approximate surface area is 103 Å². The third kappa shape index (κ3) is 3.14. The van der Waals surface area contributed by atoms with Gasteiger partial charge >= 0.3 is 6.36 Å². The molecule has 98 valence electrons. The van der Waals surface area contributed by atoms with Crippen molar-refractivity contribution in [3.05, 3.63) is 11.8 Å². The van der Waals surface area contributed by atoms with Crippen LogP contribution in [0.25, 0.3) is 0 Å². The number of rotatable bonds is 2. The number of hydrogen-bond donors (Lipinski definition) is 1. The number of aromatic nitrogens is 1. The molecule has 2 N–H and O–H groups in total. The largest absolute Gasteiger partial charge is 0.574 e. The smallest absolute Gasteiger partial charge is 0.396 e. The summed E-state index contributed by atoms with van der Waals surface area (Å²) in [5.41, 5.74) is 4.02. The second-order valence-corrected chi connectivity index (χ2v) is 5.32. The predicted octanol–water partition coefficient (Wildman–Crippen LogP) is 1.36. The lowest BCUT2D eigenvalue weighted by Gasteiger charge is -2.12. The summed E-state index contributed by atoms with van der Waals surface area (Å²) in [6.07, 6.45) is -4.54. The lowest BCUT2D eigenvalue weighted by molar-refractivity contribution is -0.277. The molecule has 0 atom stereocenters. The fraction of sp³-hybridized carbons (Fsp3) is 0.143. The van der Waals surface area contributed by atoms with Gasteiger partial charge in [0.1, 0.15) is 6.07 Å². The Bertz CT molecular complexity index is 623. The Morgan fingerprint density at radius 2 is 2.06 bits per heavy atom. The van der Waals surface area contributed by atoms with Crippen LogP contribution >= 0.6 is 10.7 Å². The van der Waals surface area contributed by atoms with E-state index in [0.29, 0.717) is 6.20 Å². The van der Waals surface area contributed by atoms with Crippen molar-refractivity contribution in [1.82, 2.24) is 4.98 Å². The molecule has 0 saturated carbocycles. The first-order valence-electron chi connectivity index (χ1n) is 3.95. The number of nitriles is 1. The minimum absolute atomic E-state index is 0.441. The summed E-state index contributed by atoms with van der Waals surface area (Å²) in [6.45, 7) is 0. The van der Waals surface area contributed by atoms with E-state index in [0.717, 1.165) is 0 Å². The van der Waals surface area contributed by atoms with E-state index in [-0.39, 0.29) is 0 Å². The molecular weight excluding hydrogens is 299 g/mol. The summed E-state index contributed by atoms with van der Waals surface area (Å²) < 4.78 is 61.7. The minimum Gasteiger partial charge on any atom is -0.396 e. The third-order valence-electron chi connectivity index (χ3n) is 1.62. The van der Waals surface area contributed by atoms with Crippen molar-refractivity contribution in [3.63, 3.8) is 0 Å². The highest BCUT2D eigenvalue weighted by molar-refractivity contribution is 8.14. The van der Waals surface area contributed by atoms with E-state index in [1.54, 1.807) is 0 Å². The molecule has 1 heterocycles. The van der Waals surface area contributed by atoms with Gasteiger partial charge in [-0.3, -0.25) is 0 Å². The standard InChI is InChI=1S/C7H3ClF3N3O3S/c8-18(15,16)5-4(13)3(1-12)2-14-6(5)17-7(9,10)11/h2H,(H2,13,14). The lowest BCUT2D eigenvalue weighted by Crippen LogP contribution is -2.20. The number of anilines is 1. The van der Waals surface area contributed by atoms with Crippen molar-refractivity contribution in [1.29, 1.82) is 5.26 Å². The van der Waals surface area contributed by atoms with E-state index < -0.39 is 37.4 Å². The first kappa shape index (κ1) is 14.3. The molecule has 1 rings (SSSR count). The van der Waals surface area contributed by atoms with E-state index in [4.69, 9.17) is 21.7 Å². The number of halogens is 4. The number of alkyl halides is 3. The molecule has 0 fully saturated rings. The fourth-order valence-electron chi connectivity index (χ4n) is 0.996. The second-order valence-electron chi connectivity index (χ2n) is 2.82. The van der Waals surface area contributed by atoms with Crippen LogP contribution in [0.4, 0.5) is 18.9 Å². The molecule has 11 heteroatoms. The molecule has 1 aromatic heterocycles. The van der Waals surface area contributed by atoms with Crippen LogP contribution in [0.15, 0.2) is 11.1 Å². The van der Waals surface area contributed by atoms with Gasteiger partial charge in [-0.15, -0.1) is 13.2 Å². The SMILES string of the molecule is N#Cc1cnc(OC(F)(F)F)c(S(=O)(=O)Cl)c1N. The molecule has 18 heavy (non-hydrogen) atoms. The fourth-order valence-corrected chi connectivity index (χ4v) is 2.12. The maximum Gasteiger partial charge on any atom is 0.574 e. The third-order valence-corrected chi connectivity index (χ3v) is 2.96. The maximum atomic E-state index is 12.0. The van der Waals surface area contributed by atoms with Crippen molar-refractivity contribution in [3.8, 4) is 11.9 Å². The van der Waals surface area contributed by atoms with Gasteiger partial charge in [0.2, 0.25) is 5.88 Å². The van der Waals surface area contributed by atoms with E-state index in [1.165, 1.54) is 6.07 Å². The monoisotopic (exact) mass is 301 g/mol. The quantitative estimate of drug-likeness (QED) is 0.827. The molecule has 0 radical (unpaired) electrons. The Kier molecular flexibility index (Phi) is 3.59. The molecule has 0 aliphatic heterocycles.